The van der Waals surface area contributed by atoms with Gasteiger partial charge in [0.1, 0.15) is 5.82 Å². The predicted octanol–water partition coefficient (Wildman–Crippen LogP) is 3.95. The van der Waals surface area contributed by atoms with Crippen molar-refractivity contribution in [2.24, 2.45) is 0 Å². The molecule has 1 aliphatic rings. The van der Waals surface area contributed by atoms with Crippen molar-refractivity contribution >= 4 is 29.2 Å². The Morgan fingerprint density at radius 3 is 2.65 bits per heavy atom. The van der Waals surface area contributed by atoms with E-state index in [1.165, 1.54) is 12.0 Å². The first-order valence-corrected chi connectivity index (χ1v) is 7.43. The van der Waals surface area contributed by atoms with Crippen molar-refractivity contribution in [3.8, 4) is 0 Å². The van der Waals surface area contributed by atoms with Gasteiger partial charge in [0.2, 0.25) is 5.95 Å². The number of aromatic amines is 1. The zero-order valence-corrected chi connectivity index (χ0v) is 12.7. The Morgan fingerprint density at radius 1 is 1.30 bits per heavy atom. The number of nitrogens with one attached hydrogen (secondary N) is 2. The number of benzene rings is 1. The van der Waals surface area contributed by atoms with Crippen molar-refractivity contribution < 1.29 is 0 Å². The highest BCUT2D eigenvalue weighted by Crippen LogP contribution is 2.45. The van der Waals surface area contributed by atoms with Gasteiger partial charge in [-0.1, -0.05) is 35.7 Å². The largest absolute Gasteiger partial charge is 0.352 e. The summed E-state index contributed by atoms with van der Waals surface area (Å²) in [5.41, 5.74) is 1.35. The number of rotatable bonds is 4. The van der Waals surface area contributed by atoms with E-state index in [-0.39, 0.29) is 5.41 Å². The van der Waals surface area contributed by atoms with E-state index in [1.54, 1.807) is 0 Å². The molecule has 0 radical (unpaired) electrons. The highest BCUT2D eigenvalue weighted by molar-refractivity contribution is 6.42. The van der Waals surface area contributed by atoms with Crippen LogP contribution in [0.2, 0.25) is 10.0 Å². The summed E-state index contributed by atoms with van der Waals surface area (Å²) in [6, 6.07) is 5.92. The Morgan fingerprint density at radius 2 is 2.10 bits per heavy atom. The molecule has 1 aromatic carbocycles. The minimum absolute atomic E-state index is 0.114. The molecule has 0 aliphatic heterocycles. The maximum Gasteiger partial charge on any atom is 0.242 e. The summed E-state index contributed by atoms with van der Waals surface area (Å²) in [6.07, 6.45) is 3.51. The van der Waals surface area contributed by atoms with Crippen LogP contribution >= 0.6 is 23.2 Å². The summed E-state index contributed by atoms with van der Waals surface area (Å²) < 4.78 is 0. The number of aryl methyl sites for hydroxylation is 1. The molecule has 0 bridgehead atoms. The van der Waals surface area contributed by atoms with Crippen LogP contribution in [0.3, 0.4) is 0 Å². The van der Waals surface area contributed by atoms with Crippen LogP contribution in [0, 0.1) is 6.92 Å². The summed E-state index contributed by atoms with van der Waals surface area (Å²) in [5.74, 6) is 1.46. The monoisotopic (exact) mass is 310 g/mol. The van der Waals surface area contributed by atoms with Gasteiger partial charge in [0, 0.05) is 12.0 Å². The summed E-state index contributed by atoms with van der Waals surface area (Å²) in [6.45, 7) is 2.69. The smallest absolute Gasteiger partial charge is 0.242 e. The van der Waals surface area contributed by atoms with Crippen LogP contribution in [0.1, 0.15) is 30.7 Å². The SMILES string of the molecule is Cc1nc(NCC2(c3ccc(Cl)c(Cl)c3)CCC2)n[nH]1. The molecule has 0 atom stereocenters. The first kappa shape index (κ1) is 13.7. The number of aromatic nitrogens is 3. The fourth-order valence-electron chi connectivity index (χ4n) is 2.67. The maximum atomic E-state index is 6.14. The van der Waals surface area contributed by atoms with Crippen molar-refractivity contribution in [3.63, 3.8) is 0 Å². The molecule has 0 amide bonds. The third-order valence-electron chi connectivity index (χ3n) is 4.02. The van der Waals surface area contributed by atoms with Crippen LogP contribution in [0.4, 0.5) is 5.95 Å². The molecule has 1 fully saturated rings. The Kier molecular flexibility index (Phi) is 3.61. The maximum absolute atomic E-state index is 6.14. The van der Waals surface area contributed by atoms with Crippen LogP contribution in [0.15, 0.2) is 18.2 Å². The molecule has 1 saturated carbocycles. The molecule has 4 nitrogen and oxygen atoms in total. The van der Waals surface area contributed by atoms with Gasteiger partial charge in [0.15, 0.2) is 0 Å². The fraction of sp³-hybridized carbons (Fsp3) is 0.429. The quantitative estimate of drug-likeness (QED) is 0.899. The van der Waals surface area contributed by atoms with E-state index in [0.29, 0.717) is 16.0 Å². The lowest BCUT2D eigenvalue weighted by Gasteiger charge is -2.42. The number of hydrogen-bond acceptors (Lipinski definition) is 3. The predicted molar refractivity (Wildman–Crippen MR) is 81.6 cm³/mol. The molecule has 20 heavy (non-hydrogen) atoms. The second-order valence-electron chi connectivity index (χ2n) is 5.36. The molecule has 6 heteroatoms. The Hall–Kier alpha value is -1.26. The standard InChI is InChI=1S/C14H16Cl2N4/c1-9-18-13(20-19-9)17-8-14(5-2-6-14)10-3-4-11(15)12(16)7-10/h3-4,7H,2,5-6,8H2,1H3,(H2,17,18,19,20). The minimum Gasteiger partial charge on any atom is -0.352 e. The lowest BCUT2D eigenvalue weighted by molar-refractivity contribution is 0.260. The van der Waals surface area contributed by atoms with Crippen LogP contribution < -0.4 is 5.32 Å². The first-order valence-electron chi connectivity index (χ1n) is 6.67. The van der Waals surface area contributed by atoms with Crippen molar-refractivity contribution in [1.29, 1.82) is 0 Å². The zero-order chi connectivity index (χ0) is 14.2. The minimum atomic E-state index is 0.114. The highest BCUT2D eigenvalue weighted by atomic mass is 35.5. The molecule has 106 valence electrons. The molecular weight excluding hydrogens is 295 g/mol. The van der Waals surface area contributed by atoms with Crippen LogP contribution in [-0.4, -0.2) is 21.7 Å². The van der Waals surface area contributed by atoms with Gasteiger partial charge in [0.25, 0.3) is 0 Å². The van der Waals surface area contributed by atoms with Gasteiger partial charge >= 0.3 is 0 Å². The summed E-state index contributed by atoms with van der Waals surface area (Å²) in [5, 5.41) is 11.5. The average Bonchev–Trinajstić information content (AvgIpc) is 2.78. The van der Waals surface area contributed by atoms with E-state index < -0.39 is 0 Å². The topological polar surface area (TPSA) is 53.6 Å². The van der Waals surface area contributed by atoms with Crippen LogP contribution in [-0.2, 0) is 5.41 Å². The fourth-order valence-corrected chi connectivity index (χ4v) is 2.97. The summed E-state index contributed by atoms with van der Waals surface area (Å²) in [7, 11) is 0. The van der Waals surface area contributed by atoms with Gasteiger partial charge in [-0.3, -0.25) is 5.10 Å². The molecule has 1 aromatic heterocycles. The van der Waals surface area contributed by atoms with E-state index in [0.717, 1.165) is 25.2 Å². The number of halogens is 2. The second-order valence-corrected chi connectivity index (χ2v) is 6.18. The molecule has 1 aliphatic carbocycles. The summed E-state index contributed by atoms with van der Waals surface area (Å²) in [4.78, 5) is 4.27. The molecule has 1 heterocycles. The van der Waals surface area contributed by atoms with E-state index in [2.05, 4.69) is 26.6 Å². The second kappa shape index (κ2) is 5.26. The third-order valence-corrected chi connectivity index (χ3v) is 4.76. The van der Waals surface area contributed by atoms with Gasteiger partial charge in [-0.15, -0.1) is 5.10 Å². The van der Waals surface area contributed by atoms with Crippen LogP contribution in [0.5, 0.6) is 0 Å². The van der Waals surface area contributed by atoms with E-state index in [4.69, 9.17) is 23.2 Å². The van der Waals surface area contributed by atoms with Gasteiger partial charge in [-0.05, 0) is 37.5 Å². The molecule has 3 rings (SSSR count). The number of hydrogen-bond donors (Lipinski definition) is 2. The van der Waals surface area contributed by atoms with Gasteiger partial charge < -0.3 is 5.32 Å². The molecule has 2 N–H and O–H groups in total. The average molecular weight is 311 g/mol. The van der Waals surface area contributed by atoms with Gasteiger partial charge in [-0.25, -0.2) is 0 Å². The molecule has 2 aromatic rings. The van der Waals surface area contributed by atoms with Crippen molar-refractivity contribution in [3.05, 3.63) is 39.6 Å². The highest BCUT2D eigenvalue weighted by Gasteiger charge is 2.38. The third kappa shape index (κ3) is 2.50. The van der Waals surface area contributed by atoms with Crippen molar-refractivity contribution in [1.82, 2.24) is 15.2 Å². The van der Waals surface area contributed by atoms with Crippen molar-refractivity contribution in [2.45, 2.75) is 31.6 Å². The normalized spacial score (nSPS) is 16.8. The lowest BCUT2D eigenvalue weighted by atomic mass is 9.64. The Bertz CT molecular complexity index is 619. The number of anilines is 1. The summed E-state index contributed by atoms with van der Waals surface area (Å²) >= 11 is 12.1. The Balaban J connectivity index is 1.78. The van der Waals surface area contributed by atoms with Gasteiger partial charge in [-0.2, -0.15) is 4.98 Å². The molecule has 0 saturated heterocycles. The number of nitrogens with zero attached hydrogens (tertiary/aromatic N) is 2. The zero-order valence-electron chi connectivity index (χ0n) is 11.2. The molecule has 0 unspecified atom stereocenters. The van der Waals surface area contributed by atoms with Crippen LogP contribution in [0.25, 0.3) is 0 Å². The molecule has 0 spiro atoms. The first-order chi connectivity index (χ1) is 9.59. The van der Waals surface area contributed by atoms with E-state index in [9.17, 15) is 0 Å². The Labute approximate surface area is 127 Å². The van der Waals surface area contributed by atoms with Crippen molar-refractivity contribution in [2.75, 3.05) is 11.9 Å². The molecular formula is C14H16Cl2N4. The number of H-pyrrole nitrogens is 1. The van der Waals surface area contributed by atoms with Gasteiger partial charge in [0.05, 0.1) is 10.0 Å². The van der Waals surface area contributed by atoms with E-state index in [1.807, 2.05) is 19.1 Å². The lowest BCUT2D eigenvalue weighted by Crippen LogP contribution is -2.41. The van der Waals surface area contributed by atoms with E-state index >= 15 is 0 Å².